The van der Waals surface area contributed by atoms with Crippen LogP contribution in [0.3, 0.4) is 0 Å². The smallest absolute Gasteiger partial charge is 0.249 e. The van der Waals surface area contributed by atoms with Crippen molar-refractivity contribution in [2.24, 2.45) is 0 Å². The van der Waals surface area contributed by atoms with Crippen LogP contribution in [0.25, 0.3) is 0 Å². The van der Waals surface area contributed by atoms with Crippen LogP contribution in [0, 0.1) is 0 Å². The predicted octanol–water partition coefficient (Wildman–Crippen LogP) is 10.6. The highest BCUT2D eigenvalue weighted by molar-refractivity contribution is 5.80. The van der Waals surface area contributed by atoms with Crippen molar-refractivity contribution in [2.75, 3.05) is 6.61 Å². The highest BCUT2D eigenvalue weighted by atomic mass is 16.3. The molecule has 0 rings (SSSR count). The van der Waals surface area contributed by atoms with E-state index in [1.165, 1.54) is 167 Å². The number of carbonyl (C=O) groups is 1. The molecule has 6 nitrogen and oxygen atoms in total. The van der Waals surface area contributed by atoms with Crippen molar-refractivity contribution in [3.8, 4) is 0 Å². The molecule has 286 valence electrons. The van der Waals surface area contributed by atoms with Gasteiger partial charge in [-0.15, -0.1) is 0 Å². The topological polar surface area (TPSA) is 110 Å². The lowest BCUT2D eigenvalue weighted by atomic mass is 10.0. The second kappa shape index (κ2) is 37.3. The monoisotopic (exact) mass is 682 g/mol. The molecule has 4 atom stereocenters. The maximum atomic E-state index is 12.4. The first-order chi connectivity index (χ1) is 23.5. The molecule has 0 aromatic carbocycles. The van der Waals surface area contributed by atoms with Gasteiger partial charge in [0.2, 0.25) is 5.91 Å². The average molecular weight is 682 g/mol. The lowest BCUT2D eigenvalue weighted by molar-refractivity contribution is -0.131. The first kappa shape index (κ1) is 47.0. The fourth-order valence-corrected chi connectivity index (χ4v) is 6.56. The van der Waals surface area contributed by atoms with E-state index in [1.54, 1.807) is 6.08 Å². The molecule has 0 spiro atoms. The van der Waals surface area contributed by atoms with E-state index in [9.17, 15) is 25.2 Å². The SMILES string of the molecule is CCCCCCCCCCCCCCCCCCCCCCC(O)C(=O)NC(CO)C(O)/C=C/C(O)CCCCCCCCCCCC. The van der Waals surface area contributed by atoms with E-state index < -0.39 is 36.9 Å². The number of nitrogens with one attached hydrogen (secondary N) is 1. The standard InChI is InChI=1S/C42H83NO5/c1-3-5-7-9-11-13-15-16-17-18-19-20-21-22-23-24-26-28-30-32-34-41(47)42(48)43-39(37-44)40(46)36-35-38(45)33-31-29-27-25-14-12-10-8-6-4-2/h35-36,38-41,44-47H,3-34,37H2,1-2H3,(H,43,48)/b36-35+. The first-order valence-corrected chi connectivity index (χ1v) is 21.1. The molecule has 0 aromatic heterocycles. The molecule has 6 heteroatoms. The maximum absolute atomic E-state index is 12.4. The van der Waals surface area contributed by atoms with Crippen LogP contribution >= 0.6 is 0 Å². The van der Waals surface area contributed by atoms with Crippen LogP contribution in [-0.2, 0) is 4.79 Å². The van der Waals surface area contributed by atoms with Crippen LogP contribution < -0.4 is 5.32 Å². The van der Waals surface area contributed by atoms with Gasteiger partial charge in [-0.3, -0.25) is 4.79 Å². The van der Waals surface area contributed by atoms with Crippen LogP contribution in [0.1, 0.15) is 219 Å². The molecule has 0 radical (unpaired) electrons. The highest BCUT2D eigenvalue weighted by Crippen LogP contribution is 2.16. The summed E-state index contributed by atoms with van der Waals surface area (Å²) in [5.41, 5.74) is 0. The molecule has 0 aromatic rings. The molecule has 0 aliphatic heterocycles. The molecule has 1 amide bonds. The van der Waals surface area contributed by atoms with Crippen molar-refractivity contribution >= 4 is 5.91 Å². The van der Waals surface area contributed by atoms with Gasteiger partial charge in [0.25, 0.3) is 0 Å². The normalized spacial score (nSPS) is 14.4. The number of aliphatic hydroxyl groups is 4. The molecule has 0 bridgehead atoms. The molecule has 0 aliphatic rings. The molecule has 5 N–H and O–H groups in total. The molecule has 0 fully saturated rings. The average Bonchev–Trinajstić information content (AvgIpc) is 3.09. The number of hydrogen-bond acceptors (Lipinski definition) is 5. The van der Waals surface area contributed by atoms with Gasteiger partial charge in [-0.05, 0) is 12.8 Å². The van der Waals surface area contributed by atoms with E-state index >= 15 is 0 Å². The molecule has 0 heterocycles. The zero-order chi connectivity index (χ0) is 35.3. The minimum atomic E-state index is -1.15. The summed E-state index contributed by atoms with van der Waals surface area (Å²) in [6.45, 7) is 4.07. The summed E-state index contributed by atoms with van der Waals surface area (Å²) in [5.74, 6) is -0.565. The predicted molar refractivity (Wildman–Crippen MR) is 205 cm³/mol. The number of amides is 1. The van der Waals surface area contributed by atoms with E-state index in [1.807, 2.05) is 0 Å². The van der Waals surface area contributed by atoms with Gasteiger partial charge in [0.05, 0.1) is 24.9 Å². The van der Waals surface area contributed by atoms with Crippen molar-refractivity contribution in [1.82, 2.24) is 5.32 Å². The van der Waals surface area contributed by atoms with Crippen molar-refractivity contribution < 1.29 is 25.2 Å². The Kier molecular flexibility index (Phi) is 36.6. The van der Waals surface area contributed by atoms with Gasteiger partial charge in [-0.25, -0.2) is 0 Å². The summed E-state index contributed by atoms with van der Waals surface area (Å²) in [4.78, 5) is 12.4. The zero-order valence-electron chi connectivity index (χ0n) is 32.0. The molecule has 0 aliphatic carbocycles. The lowest BCUT2D eigenvalue weighted by Crippen LogP contribution is -2.48. The van der Waals surface area contributed by atoms with E-state index in [-0.39, 0.29) is 0 Å². The Bertz CT molecular complexity index is 687. The minimum absolute atomic E-state index is 0.381. The van der Waals surface area contributed by atoms with Crippen LogP contribution in [0.4, 0.5) is 0 Å². The third kappa shape index (κ3) is 32.3. The number of hydrogen-bond donors (Lipinski definition) is 5. The number of aliphatic hydroxyl groups excluding tert-OH is 4. The summed E-state index contributed by atoms with van der Waals surface area (Å²) >= 11 is 0. The summed E-state index contributed by atoms with van der Waals surface area (Å²) in [7, 11) is 0. The summed E-state index contributed by atoms with van der Waals surface area (Å²) in [6, 6.07) is -0.914. The van der Waals surface area contributed by atoms with Crippen LogP contribution in [0.15, 0.2) is 12.2 Å². The van der Waals surface area contributed by atoms with Crippen molar-refractivity contribution in [1.29, 1.82) is 0 Å². The zero-order valence-corrected chi connectivity index (χ0v) is 32.0. The fourth-order valence-electron chi connectivity index (χ4n) is 6.56. The van der Waals surface area contributed by atoms with E-state index in [2.05, 4.69) is 19.2 Å². The molecule has 4 unspecified atom stereocenters. The molecule has 48 heavy (non-hydrogen) atoms. The van der Waals surface area contributed by atoms with Crippen LogP contribution in [0.5, 0.6) is 0 Å². The second-order valence-corrected chi connectivity index (χ2v) is 14.7. The molecular weight excluding hydrogens is 598 g/mol. The Morgan fingerprint density at radius 1 is 0.479 bits per heavy atom. The third-order valence-corrected chi connectivity index (χ3v) is 9.95. The Labute approximate surface area is 298 Å². The number of carbonyl (C=O) groups excluding carboxylic acids is 1. The Hall–Kier alpha value is -0.950. The molecule has 0 saturated heterocycles. The maximum Gasteiger partial charge on any atom is 0.249 e. The van der Waals surface area contributed by atoms with Gasteiger partial charge < -0.3 is 25.7 Å². The van der Waals surface area contributed by atoms with Gasteiger partial charge in [-0.2, -0.15) is 0 Å². The Balaban J connectivity index is 3.73. The van der Waals surface area contributed by atoms with Gasteiger partial charge in [0.15, 0.2) is 0 Å². The van der Waals surface area contributed by atoms with Crippen LogP contribution in [-0.4, -0.2) is 57.3 Å². The van der Waals surface area contributed by atoms with Crippen LogP contribution in [0.2, 0.25) is 0 Å². The second-order valence-electron chi connectivity index (χ2n) is 14.7. The van der Waals surface area contributed by atoms with Gasteiger partial charge in [0.1, 0.15) is 6.10 Å². The highest BCUT2D eigenvalue weighted by Gasteiger charge is 2.22. The van der Waals surface area contributed by atoms with Gasteiger partial charge in [0, 0.05) is 0 Å². The lowest BCUT2D eigenvalue weighted by Gasteiger charge is -2.22. The van der Waals surface area contributed by atoms with Crippen molar-refractivity contribution in [2.45, 2.75) is 244 Å². The van der Waals surface area contributed by atoms with E-state index in [0.29, 0.717) is 12.8 Å². The number of unbranched alkanes of at least 4 members (excludes halogenated alkanes) is 28. The third-order valence-electron chi connectivity index (χ3n) is 9.95. The summed E-state index contributed by atoms with van der Waals surface area (Å²) in [6.07, 6.45) is 39.7. The van der Waals surface area contributed by atoms with Gasteiger partial charge >= 0.3 is 0 Å². The minimum Gasteiger partial charge on any atom is -0.394 e. The molecular formula is C42H83NO5. The summed E-state index contributed by atoms with van der Waals surface area (Å²) in [5, 5.41) is 43.2. The quantitative estimate of drug-likeness (QED) is 0.0329. The van der Waals surface area contributed by atoms with E-state index in [4.69, 9.17) is 0 Å². The van der Waals surface area contributed by atoms with E-state index in [0.717, 1.165) is 32.1 Å². The van der Waals surface area contributed by atoms with Crippen molar-refractivity contribution in [3.63, 3.8) is 0 Å². The Morgan fingerprint density at radius 3 is 1.12 bits per heavy atom. The fraction of sp³-hybridized carbons (Fsp3) is 0.929. The summed E-state index contributed by atoms with van der Waals surface area (Å²) < 4.78 is 0. The van der Waals surface area contributed by atoms with Crippen molar-refractivity contribution in [3.05, 3.63) is 12.2 Å². The largest absolute Gasteiger partial charge is 0.394 e. The number of rotatable bonds is 38. The molecule has 0 saturated carbocycles. The van der Waals surface area contributed by atoms with Gasteiger partial charge in [-0.1, -0.05) is 219 Å². The Morgan fingerprint density at radius 2 is 0.792 bits per heavy atom. The first-order valence-electron chi connectivity index (χ1n) is 21.1.